The van der Waals surface area contributed by atoms with Crippen LogP contribution in [0, 0.1) is 5.82 Å². The van der Waals surface area contributed by atoms with Crippen LogP contribution in [0.1, 0.15) is 22.6 Å². The molecule has 4 rings (SSSR count). The first-order chi connectivity index (χ1) is 17.3. The molecule has 0 bridgehead atoms. The highest BCUT2D eigenvalue weighted by Gasteiger charge is 2.38. The Balaban J connectivity index is 1.67. The molecule has 0 saturated heterocycles. The van der Waals surface area contributed by atoms with Gasteiger partial charge in [-0.05, 0) is 42.0 Å². The van der Waals surface area contributed by atoms with E-state index in [4.69, 9.17) is 4.42 Å². The Bertz CT molecular complexity index is 1410. The topological polar surface area (TPSA) is 77.1 Å². The molecular formula is C23H16F7N5O2. The fourth-order valence-electron chi connectivity index (χ4n) is 3.49. The number of aryl methyl sites for hydroxylation is 1. The van der Waals surface area contributed by atoms with Crippen molar-refractivity contribution in [3.8, 4) is 11.6 Å². The predicted octanol–water partition coefficient (Wildman–Crippen LogP) is 5.42. The number of aromatic nitrogens is 4. The summed E-state index contributed by atoms with van der Waals surface area (Å²) in [5, 5.41) is 7.72. The van der Waals surface area contributed by atoms with Crippen molar-refractivity contribution < 1.29 is 39.9 Å². The van der Waals surface area contributed by atoms with Crippen molar-refractivity contribution in [3.63, 3.8) is 0 Å². The highest BCUT2D eigenvalue weighted by Crippen LogP contribution is 2.37. The van der Waals surface area contributed by atoms with Crippen molar-refractivity contribution in [1.29, 1.82) is 0 Å². The SMILES string of the molecule is Cn1cncc1-c1nnc(CN(C(=O)Cc2ccc(C(F)(F)F)cc2C(F)(F)F)c2ccc(F)cc2)o1. The fourth-order valence-corrected chi connectivity index (χ4v) is 3.49. The van der Waals surface area contributed by atoms with E-state index in [0.717, 1.165) is 17.0 Å². The van der Waals surface area contributed by atoms with Gasteiger partial charge in [0.25, 0.3) is 5.89 Å². The number of hydrogen-bond donors (Lipinski definition) is 0. The van der Waals surface area contributed by atoms with Crippen molar-refractivity contribution in [3.05, 3.63) is 83.4 Å². The lowest BCUT2D eigenvalue weighted by Crippen LogP contribution is -2.32. The molecule has 0 radical (unpaired) electrons. The van der Waals surface area contributed by atoms with Crippen molar-refractivity contribution in [2.75, 3.05) is 4.90 Å². The second-order valence-corrected chi connectivity index (χ2v) is 7.89. The van der Waals surface area contributed by atoms with E-state index in [2.05, 4.69) is 15.2 Å². The molecular weight excluding hydrogens is 511 g/mol. The normalized spacial score (nSPS) is 12.1. The summed E-state index contributed by atoms with van der Waals surface area (Å²) in [6, 6.07) is 5.53. The standard InChI is InChI=1S/C23H16F7N5O2/c1-34-12-31-10-18(34)21-33-32-19(37-21)11-35(16-6-4-15(24)5-7-16)20(36)8-13-2-3-14(22(25,26)27)9-17(13)23(28,29)30/h2-7,9-10,12H,8,11H2,1H3. The van der Waals surface area contributed by atoms with Crippen LogP contribution in [0.4, 0.5) is 36.4 Å². The Morgan fingerprint density at radius 3 is 2.30 bits per heavy atom. The second-order valence-electron chi connectivity index (χ2n) is 7.89. The van der Waals surface area contributed by atoms with Gasteiger partial charge in [-0.15, -0.1) is 10.2 Å². The molecule has 0 aliphatic heterocycles. The molecule has 14 heteroatoms. The molecule has 2 heterocycles. The maximum absolute atomic E-state index is 13.6. The van der Waals surface area contributed by atoms with Gasteiger partial charge in [-0.1, -0.05) is 6.07 Å². The minimum atomic E-state index is -5.15. The Hall–Kier alpha value is -4.23. The largest absolute Gasteiger partial charge is 0.417 e. The summed E-state index contributed by atoms with van der Waals surface area (Å²) in [5.74, 6) is -1.60. The lowest BCUT2D eigenvalue weighted by Gasteiger charge is -2.23. The number of halogens is 7. The van der Waals surface area contributed by atoms with Gasteiger partial charge in [0.2, 0.25) is 11.8 Å². The van der Waals surface area contributed by atoms with E-state index >= 15 is 0 Å². The average Bonchev–Trinajstić information content (AvgIpc) is 3.45. The highest BCUT2D eigenvalue weighted by molar-refractivity contribution is 5.94. The Labute approximate surface area is 204 Å². The number of carbonyl (C=O) groups excluding carboxylic acids is 1. The molecule has 0 spiro atoms. The van der Waals surface area contributed by atoms with Gasteiger partial charge in [0, 0.05) is 12.7 Å². The monoisotopic (exact) mass is 527 g/mol. The van der Waals surface area contributed by atoms with Crippen molar-refractivity contribution in [2.45, 2.75) is 25.3 Å². The van der Waals surface area contributed by atoms with Crippen LogP contribution in [-0.2, 0) is 37.2 Å². The first kappa shape index (κ1) is 25.9. The second kappa shape index (κ2) is 9.67. The first-order valence-corrected chi connectivity index (χ1v) is 10.5. The number of amides is 1. The smallest absolute Gasteiger partial charge is 0.416 e. The zero-order chi connectivity index (χ0) is 27.0. The number of imidazole rings is 1. The molecule has 4 aromatic rings. The molecule has 0 aliphatic rings. The summed E-state index contributed by atoms with van der Waals surface area (Å²) in [7, 11) is 1.67. The summed E-state index contributed by atoms with van der Waals surface area (Å²) in [6.07, 6.45) is -8.14. The van der Waals surface area contributed by atoms with Gasteiger partial charge in [-0.3, -0.25) is 4.79 Å². The van der Waals surface area contributed by atoms with Crippen LogP contribution in [0.25, 0.3) is 11.6 Å². The third-order valence-corrected chi connectivity index (χ3v) is 5.32. The molecule has 2 aromatic heterocycles. The van der Waals surface area contributed by atoms with Gasteiger partial charge in [0.05, 0.1) is 30.1 Å². The highest BCUT2D eigenvalue weighted by atomic mass is 19.4. The molecule has 0 atom stereocenters. The van der Waals surface area contributed by atoms with Crippen LogP contribution in [0.5, 0.6) is 0 Å². The molecule has 0 unspecified atom stereocenters. The van der Waals surface area contributed by atoms with Crippen LogP contribution in [0.2, 0.25) is 0 Å². The molecule has 2 aromatic carbocycles. The molecule has 37 heavy (non-hydrogen) atoms. The molecule has 1 amide bonds. The summed E-state index contributed by atoms with van der Waals surface area (Å²) in [6.45, 7) is -0.405. The zero-order valence-corrected chi connectivity index (χ0v) is 18.8. The number of alkyl halides is 6. The molecule has 194 valence electrons. The number of anilines is 1. The number of benzene rings is 2. The van der Waals surface area contributed by atoms with E-state index < -0.39 is 53.7 Å². The maximum atomic E-state index is 13.6. The van der Waals surface area contributed by atoms with Crippen LogP contribution < -0.4 is 4.90 Å². The summed E-state index contributed by atoms with van der Waals surface area (Å²) in [4.78, 5) is 18.1. The minimum absolute atomic E-state index is 0.0387. The van der Waals surface area contributed by atoms with Crippen molar-refractivity contribution in [2.24, 2.45) is 7.05 Å². The molecule has 0 aliphatic carbocycles. The van der Waals surface area contributed by atoms with E-state index in [-0.39, 0.29) is 23.5 Å². The van der Waals surface area contributed by atoms with Crippen molar-refractivity contribution in [1.82, 2.24) is 19.7 Å². The van der Waals surface area contributed by atoms with Gasteiger partial charge in [0.15, 0.2) is 0 Å². The molecule has 7 nitrogen and oxygen atoms in total. The van der Waals surface area contributed by atoms with E-state index in [1.165, 1.54) is 24.7 Å². The number of nitrogens with zero attached hydrogens (tertiary/aromatic N) is 5. The van der Waals surface area contributed by atoms with E-state index in [1.807, 2.05) is 0 Å². The van der Waals surface area contributed by atoms with Gasteiger partial charge in [-0.2, -0.15) is 26.3 Å². The number of carbonyl (C=O) groups is 1. The lowest BCUT2D eigenvalue weighted by molar-refractivity contribution is -0.143. The van der Waals surface area contributed by atoms with E-state index in [1.54, 1.807) is 11.6 Å². The van der Waals surface area contributed by atoms with Gasteiger partial charge in [0.1, 0.15) is 18.1 Å². The summed E-state index contributed by atoms with van der Waals surface area (Å²) >= 11 is 0. The number of rotatable bonds is 6. The van der Waals surface area contributed by atoms with Gasteiger partial charge >= 0.3 is 12.4 Å². The number of hydrogen-bond acceptors (Lipinski definition) is 5. The Morgan fingerprint density at radius 2 is 1.70 bits per heavy atom. The third-order valence-electron chi connectivity index (χ3n) is 5.32. The van der Waals surface area contributed by atoms with Gasteiger partial charge < -0.3 is 13.9 Å². The van der Waals surface area contributed by atoms with Crippen LogP contribution in [0.15, 0.2) is 59.4 Å². The first-order valence-electron chi connectivity index (χ1n) is 10.5. The lowest BCUT2D eigenvalue weighted by atomic mass is 10.00. The van der Waals surface area contributed by atoms with Crippen LogP contribution in [-0.4, -0.2) is 25.7 Å². The molecule has 0 N–H and O–H groups in total. The fraction of sp³-hybridized carbons (Fsp3) is 0.217. The average molecular weight is 527 g/mol. The zero-order valence-electron chi connectivity index (χ0n) is 18.8. The Kier molecular flexibility index (Phi) is 6.76. The van der Waals surface area contributed by atoms with Gasteiger partial charge in [-0.25, -0.2) is 9.37 Å². The summed E-state index contributed by atoms with van der Waals surface area (Å²) < 4.78 is 100. The predicted molar refractivity (Wildman–Crippen MR) is 114 cm³/mol. The maximum Gasteiger partial charge on any atom is 0.416 e. The Morgan fingerprint density at radius 1 is 1.00 bits per heavy atom. The molecule has 0 fully saturated rings. The van der Waals surface area contributed by atoms with E-state index in [0.29, 0.717) is 17.8 Å². The van der Waals surface area contributed by atoms with Crippen molar-refractivity contribution >= 4 is 11.6 Å². The third kappa shape index (κ3) is 5.78. The van der Waals surface area contributed by atoms with Crippen LogP contribution >= 0.6 is 0 Å². The minimum Gasteiger partial charge on any atom is -0.417 e. The quantitative estimate of drug-likeness (QED) is 0.313. The summed E-state index contributed by atoms with van der Waals surface area (Å²) in [5.41, 5.74) is -3.21. The van der Waals surface area contributed by atoms with Crippen LogP contribution in [0.3, 0.4) is 0 Å². The van der Waals surface area contributed by atoms with E-state index in [9.17, 15) is 35.5 Å². The molecule has 0 saturated carbocycles.